The minimum atomic E-state index is -0.524. The van der Waals surface area contributed by atoms with Gasteiger partial charge in [-0.25, -0.2) is 4.79 Å². The van der Waals surface area contributed by atoms with Gasteiger partial charge in [-0.3, -0.25) is 0 Å². The van der Waals surface area contributed by atoms with Crippen LogP contribution in [-0.2, 0) is 9.53 Å². The standard InChI is InChI=1S/C16H23NO2/c1-3-19-15(18)16(11-5-4-6-12-16)17-14-9-7-13(2)8-10-14/h7-10,17H,3-6,11-12H2,1-2H3. The van der Waals surface area contributed by atoms with E-state index in [0.29, 0.717) is 6.61 Å². The number of carbonyl (C=O) groups is 1. The molecule has 0 unspecified atom stereocenters. The van der Waals surface area contributed by atoms with Gasteiger partial charge in [0.25, 0.3) is 0 Å². The number of ether oxygens (including phenoxy) is 1. The van der Waals surface area contributed by atoms with E-state index < -0.39 is 5.54 Å². The predicted octanol–water partition coefficient (Wildman–Crippen LogP) is 3.67. The maximum absolute atomic E-state index is 12.3. The number of rotatable bonds is 4. The molecule has 1 aromatic rings. The minimum absolute atomic E-state index is 0.102. The van der Waals surface area contributed by atoms with Crippen LogP contribution in [0.5, 0.6) is 0 Å². The van der Waals surface area contributed by atoms with E-state index >= 15 is 0 Å². The Morgan fingerprint density at radius 1 is 1.21 bits per heavy atom. The van der Waals surface area contributed by atoms with Gasteiger partial charge < -0.3 is 10.1 Å². The number of esters is 1. The molecule has 1 aliphatic rings. The molecular formula is C16H23NO2. The Hall–Kier alpha value is -1.51. The Morgan fingerprint density at radius 2 is 1.84 bits per heavy atom. The molecule has 0 aliphatic heterocycles. The summed E-state index contributed by atoms with van der Waals surface area (Å²) in [5.74, 6) is -0.102. The zero-order chi connectivity index (χ0) is 13.7. The Morgan fingerprint density at radius 3 is 2.42 bits per heavy atom. The van der Waals surface area contributed by atoms with Crippen LogP contribution in [0.25, 0.3) is 0 Å². The minimum Gasteiger partial charge on any atom is -0.464 e. The third-order valence-corrected chi connectivity index (χ3v) is 3.81. The van der Waals surface area contributed by atoms with E-state index in [0.717, 1.165) is 31.4 Å². The van der Waals surface area contributed by atoms with Crippen LogP contribution in [0.1, 0.15) is 44.6 Å². The summed E-state index contributed by atoms with van der Waals surface area (Å²) in [7, 11) is 0. The van der Waals surface area contributed by atoms with Crippen LogP contribution in [0.15, 0.2) is 24.3 Å². The molecule has 1 saturated carbocycles. The highest BCUT2D eigenvalue weighted by Gasteiger charge is 2.40. The van der Waals surface area contributed by atoms with Crippen molar-refractivity contribution in [1.29, 1.82) is 0 Å². The Labute approximate surface area is 115 Å². The SMILES string of the molecule is CCOC(=O)C1(Nc2ccc(C)cc2)CCCCC1. The lowest BCUT2D eigenvalue weighted by atomic mass is 9.81. The lowest BCUT2D eigenvalue weighted by molar-refractivity contribution is -0.149. The van der Waals surface area contributed by atoms with Gasteiger partial charge in [0, 0.05) is 5.69 Å². The highest BCUT2D eigenvalue weighted by molar-refractivity contribution is 5.84. The molecule has 1 N–H and O–H groups in total. The van der Waals surface area contributed by atoms with E-state index in [1.54, 1.807) is 0 Å². The Bertz CT molecular complexity index is 419. The molecule has 0 saturated heterocycles. The highest BCUT2D eigenvalue weighted by atomic mass is 16.5. The van der Waals surface area contributed by atoms with Crippen LogP contribution in [0.4, 0.5) is 5.69 Å². The van der Waals surface area contributed by atoms with E-state index in [2.05, 4.69) is 24.4 Å². The molecule has 0 radical (unpaired) electrons. The number of benzene rings is 1. The van der Waals surface area contributed by atoms with Crippen LogP contribution in [-0.4, -0.2) is 18.1 Å². The first-order chi connectivity index (χ1) is 9.16. The summed E-state index contributed by atoms with van der Waals surface area (Å²) in [6.07, 6.45) is 5.09. The fourth-order valence-electron chi connectivity index (χ4n) is 2.72. The number of hydrogen-bond acceptors (Lipinski definition) is 3. The molecule has 3 nitrogen and oxygen atoms in total. The highest BCUT2D eigenvalue weighted by Crippen LogP contribution is 2.33. The third kappa shape index (κ3) is 3.28. The molecule has 2 rings (SSSR count). The van der Waals surface area contributed by atoms with Crippen molar-refractivity contribution >= 4 is 11.7 Å². The lowest BCUT2D eigenvalue weighted by Crippen LogP contribution is -2.49. The molecule has 0 bridgehead atoms. The van der Waals surface area contributed by atoms with Gasteiger partial charge in [-0.1, -0.05) is 37.0 Å². The summed E-state index contributed by atoms with van der Waals surface area (Å²) < 4.78 is 5.28. The van der Waals surface area contributed by atoms with Crippen LogP contribution in [0, 0.1) is 6.92 Å². The van der Waals surface area contributed by atoms with Crippen molar-refractivity contribution in [3.63, 3.8) is 0 Å². The summed E-state index contributed by atoms with van der Waals surface area (Å²) in [5.41, 5.74) is 1.70. The smallest absolute Gasteiger partial charge is 0.331 e. The predicted molar refractivity (Wildman–Crippen MR) is 77.3 cm³/mol. The van der Waals surface area contributed by atoms with Crippen LogP contribution in [0.2, 0.25) is 0 Å². The summed E-state index contributed by atoms with van der Waals surface area (Å²) in [6.45, 7) is 4.36. The number of aryl methyl sites for hydroxylation is 1. The quantitative estimate of drug-likeness (QED) is 0.840. The van der Waals surface area contributed by atoms with Crippen molar-refractivity contribution in [3.05, 3.63) is 29.8 Å². The molecular weight excluding hydrogens is 238 g/mol. The van der Waals surface area contributed by atoms with Gasteiger partial charge in [-0.2, -0.15) is 0 Å². The summed E-state index contributed by atoms with van der Waals surface area (Å²) in [6, 6.07) is 8.18. The fraction of sp³-hybridized carbons (Fsp3) is 0.562. The fourth-order valence-corrected chi connectivity index (χ4v) is 2.72. The van der Waals surface area contributed by atoms with Gasteiger partial charge >= 0.3 is 5.97 Å². The molecule has 104 valence electrons. The van der Waals surface area contributed by atoms with E-state index in [9.17, 15) is 4.79 Å². The van der Waals surface area contributed by atoms with Crippen molar-refractivity contribution in [2.24, 2.45) is 0 Å². The van der Waals surface area contributed by atoms with Gasteiger partial charge in [0.15, 0.2) is 0 Å². The summed E-state index contributed by atoms with van der Waals surface area (Å²) in [4.78, 5) is 12.3. The zero-order valence-electron chi connectivity index (χ0n) is 11.9. The van der Waals surface area contributed by atoms with Crippen molar-refractivity contribution in [3.8, 4) is 0 Å². The molecule has 0 heterocycles. The van der Waals surface area contributed by atoms with Crippen LogP contribution >= 0.6 is 0 Å². The first-order valence-electron chi connectivity index (χ1n) is 7.18. The van der Waals surface area contributed by atoms with Crippen molar-refractivity contribution in [2.45, 2.75) is 51.5 Å². The third-order valence-electron chi connectivity index (χ3n) is 3.81. The van der Waals surface area contributed by atoms with Crippen molar-refractivity contribution < 1.29 is 9.53 Å². The molecule has 19 heavy (non-hydrogen) atoms. The van der Waals surface area contributed by atoms with Gasteiger partial charge in [0.05, 0.1) is 6.61 Å². The number of nitrogens with one attached hydrogen (secondary N) is 1. The summed E-state index contributed by atoms with van der Waals surface area (Å²) >= 11 is 0. The monoisotopic (exact) mass is 261 g/mol. The van der Waals surface area contributed by atoms with Gasteiger partial charge in [0.2, 0.25) is 0 Å². The van der Waals surface area contributed by atoms with Crippen molar-refractivity contribution in [2.75, 3.05) is 11.9 Å². The van der Waals surface area contributed by atoms with Gasteiger partial charge in [0.1, 0.15) is 5.54 Å². The second-order valence-corrected chi connectivity index (χ2v) is 5.35. The average Bonchev–Trinajstić information content (AvgIpc) is 2.43. The Kier molecular flexibility index (Phi) is 4.46. The average molecular weight is 261 g/mol. The van der Waals surface area contributed by atoms with Crippen LogP contribution in [0.3, 0.4) is 0 Å². The van der Waals surface area contributed by atoms with E-state index in [1.807, 2.05) is 19.1 Å². The molecule has 1 fully saturated rings. The zero-order valence-corrected chi connectivity index (χ0v) is 11.9. The maximum Gasteiger partial charge on any atom is 0.331 e. The lowest BCUT2D eigenvalue weighted by Gasteiger charge is -2.36. The first-order valence-corrected chi connectivity index (χ1v) is 7.18. The number of carbonyl (C=O) groups excluding carboxylic acids is 1. The van der Waals surface area contributed by atoms with E-state index in [-0.39, 0.29) is 5.97 Å². The molecule has 1 aromatic carbocycles. The normalized spacial score (nSPS) is 17.8. The second kappa shape index (κ2) is 6.09. The van der Waals surface area contributed by atoms with E-state index in [1.165, 1.54) is 12.0 Å². The largest absolute Gasteiger partial charge is 0.464 e. The summed E-state index contributed by atoms with van der Waals surface area (Å²) in [5, 5.41) is 3.43. The van der Waals surface area contributed by atoms with E-state index in [4.69, 9.17) is 4.74 Å². The van der Waals surface area contributed by atoms with Gasteiger partial charge in [-0.15, -0.1) is 0 Å². The van der Waals surface area contributed by atoms with Crippen molar-refractivity contribution in [1.82, 2.24) is 0 Å². The Balaban J connectivity index is 2.17. The molecule has 0 spiro atoms. The molecule has 0 atom stereocenters. The van der Waals surface area contributed by atoms with Gasteiger partial charge in [-0.05, 0) is 38.8 Å². The molecule has 0 amide bonds. The molecule has 3 heteroatoms. The topological polar surface area (TPSA) is 38.3 Å². The van der Waals surface area contributed by atoms with Crippen LogP contribution < -0.4 is 5.32 Å². The maximum atomic E-state index is 12.3. The number of anilines is 1. The molecule has 0 aromatic heterocycles. The second-order valence-electron chi connectivity index (χ2n) is 5.35. The first kappa shape index (κ1) is 13.9. The number of hydrogen-bond donors (Lipinski definition) is 1. The molecule has 1 aliphatic carbocycles.